The zero-order valence-corrected chi connectivity index (χ0v) is 17.3. The Balaban J connectivity index is 0.000000755. The molecule has 1 fully saturated rings. The number of aromatic nitrogens is 4. The second-order valence-electron chi connectivity index (χ2n) is 7.59. The number of hydrogen-bond acceptors (Lipinski definition) is 6. The lowest BCUT2D eigenvalue weighted by Gasteiger charge is -2.19. The lowest BCUT2D eigenvalue weighted by Crippen LogP contribution is -2.21. The monoisotopic (exact) mass is 413 g/mol. The number of amides is 1. The number of aryl methyl sites for hydroxylation is 1. The molecule has 1 atom stereocenters. The average Bonchev–Trinajstić information content (AvgIpc) is 3.07. The molecule has 0 spiro atoms. The van der Waals surface area contributed by atoms with E-state index in [0.29, 0.717) is 11.6 Å². The number of thiophene rings is 1. The van der Waals surface area contributed by atoms with Crippen molar-refractivity contribution in [3.63, 3.8) is 0 Å². The molecule has 0 aromatic carbocycles. The van der Waals surface area contributed by atoms with E-state index in [1.54, 1.807) is 16.0 Å². The maximum atomic E-state index is 11.4. The van der Waals surface area contributed by atoms with Crippen LogP contribution in [-0.4, -0.2) is 37.2 Å². The van der Waals surface area contributed by atoms with Crippen LogP contribution in [0.3, 0.4) is 0 Å². The van der Waals surface area contributed by atoms with E-state index in [0.717, 1.165) is 17.9 Å². The molecule has 152 valence electrons. The van der Waals surface area contributed by atoms with Gasteiger partial charge in [-0.1, -0.05) is 26.0 Å². The molecule has 1 aliphatic rings. The van der Waals surface area contributed by atoms with E-state index in [-0.39, 0.29) is 23.7 Å². The normalized spacial score (nSPS) is 19.1. The van der Waals surface area contributed by atoms with Gasteiger partial charge in [0, 0.05) is 10.6 Å². The van der Waals surface area contributed by atoms with Crippen LogP contribution >= 0.6 is 11.3 Å². The number of pyridine rings is 1. The molecular weight excluding hydrogens is 390 g/mol. The van der Waals surface area contributed by atoms with Crippen LogP contribution in [0.5, 0.6) is 0 Å². The summed E-state index contributed by atoms with van der Waals surface area (Å²) in [4.78, 5) is 30.4. The molecule has 0 bridgehead atoms. The Morgan fingerprint density at radius 2 is 2.00 bits per heavy atom. The fraction of sp³-hybridized carbons (Fsp3) is 0.350. The third kappa shape index (κ3) is 3.77. The SMILES string of the molecule is Cc1cccc(-n2nc(CC(N)=O)nc2C2(c3cccs3)CC2(C)C)n1.O=CO. The van der Waals surface area contributed by atoms with Gasteiger partial charge in [-0.15, -0.1) is 16.4 Å². The van der Waals surface area contributed by atoms with Gasteiger partial charge in [0.05, 0.1) is 11.8 Å². The fourth-order valence-corrected chi connectivity index (χ4v) is 4.82. The molecular formula is C20H23N5O3S. The average molecular weight is 414 g/mol. The highest BCUT2D eigenvalue weighted by molar-refractivity contribution is 7.10. The van der Waals surface area contributed by atoms with E-state index < -0.39 is 5.91 Å². The van der Waals surface area contributed by atoms with Crippen molar-refractivity contribution in [3.8, 4) is 5.82 Å². The number of primary amides is 1. The van der Waals surface area contributed by atoms with Gasteiger partial charge in [0.15, 0.2) is 11.6 Å². The van der Waals surface area contributed by atoms with E-state index in [1.165, 1.54) is 4.88 Å². The minimum absolute atomic E-state index is 0.0206. The van der Waals surface area contributed by atoms with E-state index in [2.05, 4.69) is 41.4 Å². The number of nitrogens with zero attached hydrogens (tertiary/aromatic N) is 4. The molecule has 4 rings (SSSR count). The fourth-order valence-electron chi connectivity index (χ4n) is 3.72. The molecule has 0 aliphatic heterocycles. The summed E-state index contributed by atoms with van der Waals surface area (Å²) >= 11 is 1.73. The Kier molecular flexibility index (Phi) is 5.52. The zero-order valence-electron chi connectivity index (χ0n) is 16.5. The van der Waals surface area contributed by atoms with E-state index in [9.17, 15) is 4.79 Å². The summed E-state index contributed by atoms with van der Waals surface area (Å²) in [6.45, 7) is 6.17. The zero-order chi connectivity index (χ0) is 21.2. The minimum Gasteiger partial charge on any atom is -0.483 e. The number of rotatable bonds is 5. The predicted molar refractivity (Wildman–Crippen MR) is 109 cm³/mol. The topological polar surface area (TPSA) is 124 Å². The first kappa shape index (κ1) is 20.7. The van der Waals surface area contributed by atoms with Crippen LogP contribution in [0.4, 0.5) is 0 Å². The first-order valence-electron chi connectivity index (χ1n) is 9.06. The highest BCUT2D eigenvalue weighted by atomic mass is 32.1. The van der Waals surface area contributed by atoms with Crippen LogP contribution in [0.2, 0.25) is 0 Å². The van der Waals surface area contributed by atoms with Crippen molar-refractivity contribution < 1.29 is 14.7 Å². The molecule has 0 saturated heterocycles. The van der Waals surface area contributed by atoms with Gasteiger partial charge in [0.25, 0.3) is 6.47 Å². The Hall–Kier alpha value is -3.07. The molecule has 1 unspecified atom stereocenters. The predicted octanol–water partition coefficient (Wildman–Crippen LogP) is 2.48. The quantitative estimate of drug-likeness (QED) is 0.619. The maximum Gasteiger partial charge on any atom is 0.290 e. The number of nitrogens with two attached hydrogens (primary N) is 1. The van der Waals surface area contributed by atoms with Crippen LogP contribution in [0, 0.1) is 12.3 Å². The number of carboxylic acid groups (broad SMARTS) is 1. The van der Waals surface area contributed by atoms with Crippen molar-refractivity contribution in [3.05, 3.63) is 57.9 Å². The lowest BCUT2D eigenvalue weighted by atomic mass is 9.93. The smallest absolute Gasteiger partial charge is 0.290 e. The number of carbonyl (C=O) groups is 2. The molecule has 0 radical (unpaired) electrons. The highest BCUT2D eigenvalue weighted by Crippen LogP contribution is 2.68. The van der Waals surface area contributed by atoms with Crippen LogP contribution in [0.15, 0.2) is 35.7 Å². The van der Waals surface area contributed by atoms with Gasteiger partial charge in [-0.05, 0) is 42.3 Å². The van der Waals surface area contributed by atoms with Crippen LogP contribution in [0.1, 0.15) is 42.5 Å². The summed E-state index contributed by atoms with van der Waals surface area (Å²) in [5.41, 5.74) is 6.11. The van der Waals surface area contributed by atoms with Crippen LogP contribution < -0.4 is 5.73 Å². The molecule has 3 aromatic rings. The van der Waals surface area contributed by atoms with Gasteiger partial charge >= 0.3 is 0 Å². The van der Waals surface area contributed by atoms with Crippen LogP contribution in [-0.2, 0) is 21.4 Å². The molecule has 3 N–H and O–H groups in total. The summed E-state index contributed by atoms with van der Waals surface area (Å²) in [7, 11) is 0. The summed E-state index contributed by atoms with van der Waals surface area (Å²) in [6, 6.07) is 10.0. The van der Waals surface area contributed by atoms with Crippen molar-refractivity contribution >= 4 is 23.7 Å². The summed E-state index contributed by atoms with van der Waals surface area (Å²) in [5.74, 6) is 1.54. The molecule has 3 aromatic heterocycles. The van der Waals surface area contributed by atoms with E-state index >= 15 is 0 Å². The van der Waals surface area contributed by atoms with Gasteiger partial charge in [-0.2, -0.15) is 4.68 Å². The van der Waals surface area contributed by atoms with Crippen molar-refractivity contribution in [2.75, 3.05) is 0 Å². The summed E-state index contributed by atoms with van der Waals surface area (Å²) in [5, 5.41) is 13.6. The molecule has 9 heteroatoms. The minimum atomic E-state index is -0.439. The second-order valence-corrected chi connectivity index (χ2v) is 8.54. The summed E-state index contributed by atoms with van der Waals surface area (Å²) < 4.78 is 1.79. The molecule has 1 aliphatic carbocycles. The van der Waals surface area contributed by atoms with Gasteiger partial charge in [0.2, 0.25) is 5.91 Å². The highest BCUT2D eigenvalue weighted by Gasteiger charge is 2.66. The van der Waals surface area contributed by atoms with Gasteiger partial charge in [-0.3, -0.25) is 9.59 Å². The molecule has 29 heavy (non-hydrogen) atoms. The first-order chi connectivity index (χ1) is 13.7. The number of hydrogen-bond donors (Lipinski definition) is 2. The second kappa shape index (κ2) is 7.75. The van der Waals surface area contributed by atoms with Crippen molar-refractivity contribution in [1.29, 1.82) is 0 Å². The van der Waals surface area contributed by atoms with Gasteiger partial charge in [-0.25, -0.2) is 9.97 Å². The molecule has 1 saturated carbocycles. The Morgan fingerprint density at radius 3 is 2.52 bits per heavy atom. The standard InChI is InChI=1S/C19H21N5OS.CH2O2/c1-12-6-4-8-16(21-12)24-17(22-15(23-24)10-14(20)25)19(11-18(19,2)3)13-7-5-9-26-13;2-1-3/h4-9H,10-11H2,1-3H3,(H2,20,25);1H,(H,2,3). The van der Waals surface area contributed by atoms with Gasteiger partial charge in [0.1, 0.15) is 5.82 Å². The first-order valence-corrected chi connectivity index (χ1v) is 9.93. The maximum absolute atomic E-state index is 11.4. The summed E-state index contributed by atoms with van der Waals surface area (Å²) in [6.07, 6.45) is 0.994. The largest absolute Gasteiger partial charge is 0.483 e. The van der Waals surface area contributed by atoms with Crippen molar-refractivity contribution in [1.82, 2.24) is 19.7 Å². The molecule has 8 nitrogen and oxygen atoms in total. The Labute approximate surface area is 172 Å². The van der Waals surface area contributed by atoms with E-state index in [4.69, 9.17) is 20.6 Å². The van der Waals surface area contributed by atoms with Crippen molar-refractivity contribution in [2.45, 2.75) is 39.0 Å². The van der Waals surface area contributed by atoms with E-state index in [1.807, 2.05) is 25.1 Å². The third-order valence-corrected chi connectivity index (χ3v) is 6.17. The lowest BCUT2D eigenvalue weighted by molar-refractivity contribution is -0.123. The number of carbonyl (C=O) groups excluding carboxylic acids is 1. The van der Waals surface area contributed by atoms with Crippen molar-refractivity contribution in [2.24, 2.45) is 11.1 Å². The Bertz CT molecular complexity index is 1030. The third-order valence-electron chi connectivity index (χ3n) is 5.13. The molecule has 1 amide bonds. The van der Waals surface area contributed by atoms with Crippen LogP contribution in [0.25, 0.3) is 5.82 Å². The van der Waals surface area contributed by atoms with Gasteiger partial charge < -0.3 is 10.8 Å². The Morgan fingerprint density at radius 1 is 1.31 bits per heavy atom. The molecule has 3 heterocycles.